The summed E-state index contributed by atoms with van der Waals surface area (Å²) >= 11 is 15.1. The second-order valence-electron chi connectivity index (χ2n) is 4.99. The van der Waals surface area contributed by atoms with E-state index in [9.17, 15) is 4.39 Å². The van der Waals surface area contributed by atoms with Crippen molar-refractivity contribution in [1.29, 1.82) is 0 Å². The highest BCUT2D eigenvalue weighted by Gasteiger charge is 2.22. The first-order valence-corrected chi connectivity index (χ1v) is 7.96. The zero-order chi connectivity index (χ0) is 15.1. The van der Waals surface area contributed by atoms with E-state index in [0.29, 0.717) is 16.2 Å². The molecule has 0 N–H and O–H groups in total. The smallest absolute Gasteiger partial charge is 0.225 e. The van der Waals surface area contributed by atoms with E-state index in [0.717, 1.165) is 26.2 Å². The van der Waals surface area contributed by atoms with Crippen molar-refractivity contribution in [3.63, 3.8) is 0 Å². The third-order valence-corrected chi connectivity index (χ3v) is 5.05. The van der Waals surface area contributed by atoms with Gasteiger partial charge in [0.1, 0.15) is 11.3 Å². The molecule has 0 bridgehead atoms. The summed E-state index contributed by atoms with van der Waals surface area (Å²) in [7, 11) is 2.07. The summed E-state index contributed by atoms with van der Waals surface area (Å²) in [5, 5.41) is 0.903. The molecule has 3 rings (SSSR count). The van der Waals surface area contributed by atoms with Crippen LogP contribution >= 0.6 is 39.1 Å². The molecule has 8 heteroatoms. The van der Waals surface area contributed by atoms with Gasteiger partial charge >= 0.3 is 0 Å². The predicted molar refractivity (Wildman–Crippen MR) is 86.9 cm³/mol. The third-order valence-electron chi connectivity index (χ3n) is 3.58. The minimum Gasteiger partial charge on any atom is -0.353 e. The maximum absolute atomic E-state index is 14.3. The zero-order valence-corrected chi connectivity index (χ0v) is 14.3. The molecule has 1 aromatic heterocycles. The summed E-state index contributed by atoms with van der Waals surface area (Å²) in [6, 6.07) is 1.67. The van der Waals surface area contributed by atoms with Crippen molar-refractivity contribution in [2.24, 2.45) is 0 Å². The van der Waals surface area contributed by atoms with Crippen LogP contribution in [0.2, 0.25) is 10.3 Å². The number of benzene rings is 1. The summed E-state index contributed by atoms with van der Waals surface area (Å²) in [6.45, 7) is 3.42. The van der Waals surface area contributed by atoms with Gasteiger partial charge in [-0.2, -0.15) is 4.98 Å². The molecule has 2 aromatic rings. The maximum atomic E-state index is 14.3. The zero-order valence-electron chi connectivity index (χ0n) is 11.2. The molecule has 21 heavy (non-hydrogen) atoms. The quantitative estimate of drug-likeness (QED) is 0.547. The molecule has 0 radical (unpaired) electrons. The van der Waals surface area contributed by atoms with Gasteiger partial charge in [0.25, 0.3) is 0 Å². The Hall–Kier alpha value is -0.690. The second kappa shape index (κ2) is 5.83. The van der Waals surface area contributed by atoms with E-state index >= 15 is 0 Å². The molecule has 0 aliphatic carbocycles. The van der Waals surface area contributed by atoms with Gasteiger partial charge in [-0.3, -0.25) is 0 Å². The van der Waals surface area contributed by atoms with E-state index in [1.165, 1.54) is 0 Å². The van der Waals surface area contributed by atoms with Crippen molar-refractivity contribution in [3.05, 3.63) is 26.7 Å². The Kier molecular flexibility index (Phi) is 4.23. The largest absolute Gasteiger partial charge is 0.353 e. The van der Waals surface area contributed by atoms with Gasteiger partial charge in [0.15, 0.2) is 5.82 Å². The van der Waals surface area contributed by atoms with Crippen molar-refractivity contribution in [1.82, 2.24) is 14.9 Å². The second-order valence-corrected chi connectivity index (χ2v) is 6.53. The summed E-state index contributed by atoms with van der Waals surface area (Å²) in [5.74, 6) is 0.114. The van der Waals surface area contributed by atoms with Crippen LogP contribution < -0.4 is 4.90 Å². The van der Waals surface area contributed by atoms with Crippen LogP contribution in [0, 0.1) is 5.82 Å². The van der Waals surface area contributed by atoms with Crippen molar-refractivity contribution in [2.45, 2.75) is 0 Å². The molecule has 1 fully saturated rings. The fraction of sp³-hybridized carbons (Fsp3) is 0.385. The van der Waals surface area contributed by atoms with Gasteiger partial charge in [-0.15, -0.1) is 0 Å². The average Bonchev–Trinajstić information content (AvgIpc) is 2.46. The van der Waals surface area contributed by atoms with Crippen LogP contribution in [-0.4, -0.2) is 48.1 Å². The SMILES string of the molecule is CN1CCN(c2nc(Cl)nc3c(F)c(Br)c(Cl)cc23)CC1. The van der Waals surface area contributed by atoms with Crippen molar-refractivity contribution >= 4 is 55.9 Å². The highest BCUT2D eigenvalue weighted by Crippen LogP contribution is 2.35. The first kappa shape index (κ1) is 15.2. The number of hydrogen-bond acceptors (Lipinski definition) is 4. The lowest BCUT2D eigenvalue weighted by molar-refractivity contribution is 0.312. The number of piperazine rings is 1. The monoisotopic (exact) mass is 392 g/mol. The van der Waals surface area contributed by atoms with Gasteiger partial charge in [0.05, 0.1) is 9.50 Å². The normalized spacial score (nSPS) is 16.7. The predicted octanol–water partition coefficient (Wildman–Crippen LogP) is 3.59. The first-order chi connectivity index (χ1) is 9.97. The van der Waals surface area contributed by atoms with E-state index in [-0.39, 0.29) is 15.3 Å². The fourth-order valence-electron chi connectivity index (χ4n) is 2.39. The number of nitrogens with zero attached hydrogens (tertiary/aromatic N) is 4. The molecule has 4 nitrogen and oxygen atoms in total. The summed E-state index contributed by atoms with van der Waals surface area (Å²) in [6.07, 6.45) is 0. The van der Waals surface area contributed by atoms with E-state index < -0.39 is 5.82 Å². The average molecular weight is 394 g/mol. The van der Waals surface area contributed by atoms with E-state index in [4.69, 9.17) is 23.2 Å². The first-order valence-electron chi connectivity index (χ1n) is 6.41. The van der Waals surface area contributed by atoms with E-state index in [1.807, 2.05) is 0 Å². The number of fused-ring (bicyclic) bond motifs is 1. The molecule has 1 aromatic carbocycles. The van der Waals surface area contributed by atoms with Gasteiger partial charge in [0.2, 0.25) is 5.28 Å². The number of hydrogen-bond donors (Lipinski definition) is 0. The van der Waals surface area contributed by atoms with Gasteiger partial charge < -0.3 is 9.80 Å². The lowest BCUT2D eigenvalue weighted by atomic mass is 10.2. The Morgan fingerprint density at radius 3 is 2.52 bits per heavy atom. The van der Waals surface area contributed by atoms with Gasteiger partial charge in [-0.05, 0) is 40.6 Å². The number of anilines is 1. The maximum Gasteiger partial charge on any atom is 0.225 e. The molecule has 2 heterocycles. The highest BCUT2D eigenvalue weighted by molar-refractivity contribution is 9.10. The topological polar surface area (TPSA) is 32.3 Å². The van der Waals surface area contributed by atoms with Crippen LogP contribution in [0.25, 0.3) is 10.9 Å². The van der Waals surface area contributed by atoms with Crippen molar-refractivity contribution < 1.29 is 4.39 Å². The van der Waals surface area contributed by atoms with Crippen LogP contribution in [0.4, 0.5) is 10.2 Å². The molecule has 1 aliphatic heterocycles. The van der Waals surface area contributed by atoms with E-state index in [1.54, 1.807) is 6.07 Å². The lowest BCUT2D eigenvalue weighted by Gasteiger charge is -2.33. The molecule has 1 aliphatic rings. The Balaban J connectivity index is 2.18. The Labute approximate surface area is 140 Å². The molecule has 0 atom stereocenters. The van der Waals surface area contributed by atoms with Crippen molar-refractivity contribution in [3.8, 4) is 0 Å². The standard InChI is InChI=1S/C13H12BrCl2FN4/c1-20-2-4-21(5-3-20)12-7-6-8(15)9(14)10(17)11(7)18-13(16)19-12/h6H,2-5H2,1H3. The number of halogens is 4. The van der Waals surface area contributed by atoms with Gasteiger partial charge in [-0.1, -0.05) is 11.6 Å². The van der Waals surface area contributed by atoms with Crippen LogP contribution in [-0.2, 0) is 0 Å². The highest BCUT2D eigenvalue weighted by atomic mass is 79.9. The van der Waals surface area contributed by atoms with Crippen LogP contribution in [0.15, 0.2) is 10.5 Å². The fourth-order valence-corrected chi connectivity index (χ4v) is 3.05. The lowest BCUT2D eigenvalue weighted by Crippen LogP contribution is -2.45. The summed E-state index contributed by atoms with van der Waals surface area (Å²) in [4.78, 5) is 12.6. The molecule has 0 saturated carbocycles. The Morgan fingerprint density at radius 2 is 1.86 bits per heavy atom. The molecule has 0 spiro atoms. The Morgan fingerprint density at radius 1 is 1.19 bits per heavy atom. The number of rotatable bonds is 1. The molecule has 0 unspecified atom stereocenters. The molecule has 112 valence electrons. The minimum atomic E-state index is -0.517. The third kappa shape index (κ3) is 2.82. The molecule has 1 saturated heterocycles. The molecule has 0 amide bonds. The van der Waals surface area contributed by atoms with Gasteiger partial charge in [-0.25, -0.2) is 9.37 Å². The minimum absolute atomic E-state index is 0.0320. The summed E-state index contributed by atoms with van der Waals surface area (Å²) in [5.41, 5.74) is 0.181. The van der Waals surface area contributed by atoms with Crippen LogP contribution in [0.5, 0.6) is 0 Å². The summed E-state index contributed by atoms with van der Waals surface area (Å²) < 4.78 is 14.5. The van der Waals surface area contributed by atoms with Crippen LogP contribution in [0.3, 0.4) is 0 Å². The van der Waals surface area contributed by atoms with E-state index in [2.05, 4.69) is 42.7 Å². The molecular formula is C13H12BrCl2FN4. The van der Waals surface area contributed by atoms with Crippen molar-refractivity contribution in [2.75, 3.05) is 38.1 Å². The van der Waals surface area contributed by atoms with Crippen LogP contribution in [0.1, 0.15) is 0 Å². The molecular weight excluding hydrogens is 382 g/mol. The number of aromatic nitrogens is 2. The number of likely N-dealkylation sites (N-methyl/N-ethyl adjacent to an activating group) is 1. The van der Waals surface area contributed by atoms with Gasteiger partial charge in [0, 0.05) is 31.6 Å². The Bertz CT molecular complexity index is 704.